The molecule has 17 heavy (non-hydrogen) atoms. The largest absolute Gasteiger partial charge is 0.319 e. The van der Waals surface area contributed by atoms with Gasteiger partial charge in [0.05, 0.1) is 22.4 Å². The Bertz CT molecular complexity index is 534. The Labute approximate surface area is 121 Å². The minimum Gasteiger partial charge on any atom is -0.319 e. The number of benzene rings is 1. The summed E-state index contributed by atoms with van der Waals surface area (Å²) in [5, 5.41) is 4.84. The summed E-state index contributed by atoms with van der Waals surface area (Å²) in [6.45, 7) is 0. The topological polar surface area (TPSA) is 43.8 Å². The van der Waals surface area contributed by atoms with E-state index in [2.05, 4.69) is 37.0 Å². The van der Waals surface area contributed by atoms with Gasteiger partial charge < -0.3 is 5.73 Å². The Hall–Kier alpha value is -0.360. The van der Waals surface area contributed by atoms with Crippen molar-refractivity contribution in [3.05, 3.63) is 49.6 Å². The van der Waals surface area contributed by atoms with Crippen LogP contribution in [0, 0.1) is 0 Å². The molecule has 1 unspecified atom stereocenters. The fourth-order valence-electron chi connectivity index (χ4n) is 1.67. The molecule has 2 N–H and O–H groups in total. The maximum absolute atomic E-state index is 6.25. The number of aromatic nitrogens is 2. The molecule has 0 aliphatic carbocycles. The lowest BCUT2D eigenvalue weighted by molar-refractivity contribution is 0.670. The number of nitrogens with zero attached hydrogens (tertiary/aromatic N) is 2. The van der Waals surface area contributed by atoms with E-state index in [1.54, 1.807) is 10.9 Å². The average Bonchev–Trinajstić information content (AvgIpc) is 2.58. The van der Waals surface area contributed by atoms with Crippen LogP contribution in [-0.2, 0) is 7.05 Å². The molecule has 1 atom stereocenters. The molecule has 0 aliphatic heterocycles. The standard InChI is InChI=1S/C11H10Br2ClN3/c1-17-11(9(13)5-16-17)10(15)7-3-2-6(14)4-8(7)12/h2-5,10H,15H2,1H3. The average molecular weight is 379 g/mol. The summed E-state index contributed by atoms with van der Waals surface area (Å²) < 4.78 is 3.55. The van der Waals surface area contributed by atoms with Crippen LogP contribution < -0.4 is 5.73 Å². The van der Waals surface area contributed by atoms with Gasteiger partial charge in [0.2, 0.25) is 0 Å². The van der Waals surface area contributed by atoms with E-state index in [4.69, 9.17) is 17.3 Å². The molecule has 3 nitrogen and oxygen atoms in total. The number of hydrogen-bond donors (Lipinski definition) is 1. The quantitative estimate of drug-likeness (QED) is 0.866. The first-order valence-corrected chi connectivity index (χ1v) is 6.85. The predicted octanol–water partition coefficient (Wildman–Crippen LogP) is 3.65. The third-order valence-corrected chi connectivity index (χ3v) is 4.06. The van der Waals surface area contributed by atoms with Gasteiger partial charge in [-0.3, -0.25) is 4.68 Å². The van der Waals surface area contributed by atoms with Gasteiger partial charge in [-0.15, -0.1) is 0 Å². The number of rotatable bonds is 2. The zero-order valence-corrected chi connectivity index (χ0v) is 12.9. The summed E-state index contributed by atoms with van der Waals surface area (Å²) in [4.78, 5) is 0. The smallest absolute Gasteiger partial charge is 0.0745 e. The SMILES string of the molecule is Cn1ncc(Br)c1C(N)c1ccc(Cl)cc1Br. The van der Waals surface area contributed by atoms with Gasteiger partial charge in [-0.05, 0) is 33.6 Å². The Morgan fingerprint density at radius 2 is 2.06 bits per heavy atom. The van der Waals surface area contributed by atoms with Crippen LogP contribution in [0.4, 0.5) is 0 Å². The van der Waals surface area contributed by atoms with Gasteiger partial charge >= 0.3 is 0 Å². The highest BCUT2D eigenvalue weighted by atomic mass is 79.9. The minimum absolute atomic E-state index is 0.261. The van der Waals surface area contributed by atoms with E-state index in [0.29, 0.717) is 5.02 Å². The zero-order valence-electron chi connectivity index (χ0n) is 8.99. The summed E-state index contributed by atoms with van der Waals surface area (Å²) in [7, 11) is 1.86. The minimum atomic E-state index is -0.261. The molecule has 0 amide bonds. The monoisotopic (exact) mass is 377 g/mol. The second-order valence-electron chi connectivity index (χ2n) is 3.64. The van der Waals surface area contributed by atoms with Crippen molar-refractivity contribution in [2.45, 2.75) is 6.04 Å². The Morgan fingerprint density at radius 1 is 1.35 bits per heavy atom. The van der Waals surface area contributed by atoms with Crippen molar-refractivity contribution in [2.24, 2.45) is 12.8 Å². The Morgan fingerprint density at radius 3 is 2.59 bits per heavy atom. The number of hydrogen-bond acceptors (Lipinski definition) is 2. The molecular weight excluding hydrogens is 369 g/mol. The van der Waals surface area contributed by atoms with Crippen molar-refractivity contribution in [2.75, 3.05) is 0 Å². The van der Waals surface area contributed by atoms with E-state index in [-0.39, 0.29) is 6.04 Å². The highest BCUT2D eigenvalue weighted by Gasteiger charge is 2.18. The van der Waals surface area contributed by atoms with Gasteiger partial charge in [0.1, 0.15) is 0 Å². The molecule has 0 spiro atoms. The summed E-state index contributed by atoms with van der Waals surface area (Å²) in [6.07, 6.45) is 1.74. The lowest BCUT2D eigenvalue weighted by Gasteiger charge is -2.15. The molecule has 2 rings (SSSR count). The highest BCUT2D eigenvalue weighted by molar-refractivity contribution is 9.10. The second-order valence-corrected chi connectivity index (χ2v) is 5.79. The van der Waals surface area contributed by atoms with Crippen molar-refractivity contribution in [1.82, 2.24) is 9.78 Å². The molecule has 1 heterocycles. The van der Waals surface area contributed by atoms with Crippen LogP contribution in [0.2, 0.25) is 5.02 Å². The van der Waals surface area contributed by atoms with Gasteiger partial charge in [0.15, 0.2) is 0 Å². The van der Waals surface area contributed by atoms with Gasteiger partial charge in [-0.1, -0.05) is 33.6 Å². The van der Waals surface area contributed by atoms with Crippen LogP contribution in [0.15, 0.2) is 33.3 Å². The first-order valence-electron chi connectivity index (χ1n) is 4.88. The lowest BCUT2D eigenvalue weighted by Crippen LogP contribution is -2.17. The van der Waals surface area contributed by atoms with Crippen LogP contribution in [0.3, 0.4) is 0 Å². The summed E-state index contributed by atoms with van der Waals surface area (Å²) in [5.41, 5.74) is 8.14. The van der Waals surface area contributed by atoms with Crippen molar-refractivity contribution >= 4 is 43.5 Å². The van der Waals surface area contributed by atoms with Crippen molar-refractivity contribution < 1.29 is 0 Å². The van der Waals surface area contributed by atoms with E-state index in [1.807, 2.05) is 25.2 Å². The summed E-state index contributed by atoms with van der Waals surface area (Å²) in [5.74, 6) is 0. The van der Waals surface area contributed by atoms with Crippen molar-refractivity contribution in [3.63, 3.8) is 0 Å². The summed E-state index contributed by atoms with van der Waals surface area (Å²) >= 11 is 12.8. The third-order valence-electron chi connectivity index (χ3n) is 2.53. The Kier molecular flexibility index (Phi) is 3.92. The molecule has 0 radical (unpaired) electrons. The number of aryl methyl sites for hydroxylation is 1. The Balaban J connectivity index is 2.47. The van der Waals surface area contributed by atoms with E-state index >= 15 is 0 Å². The van der Waals surface area contributed by atoms with Gasteiger partial charge in [0.25, 0.3) is 0 Å². The molecule has 90 valence electrons. The van der Waals surface area contributed by atoms with Crippen LogP contribution in [0.25, 0.3) is 0 Å². The van der Waals surface area contributed by atoms with E-state index in [1.165, 1.54) is 0 Å². The van der Waals surface area contributed by atoms with Crippen LogP contribution in [-0.4, -0.2) is 9.78 Å². The predicted molar refractivity (Wildman–Crippen MR) is 76.1 cm³/mol. The van der Waals surface area contributed by atoms with Crippen molar-refractivity contribution in [3.8, 4) is 0 Å². The third kappa shape index (κ3) is 2.57. The first-order chi connectivity index (χ1) is 8.00. The molecule has 1 aromatic heterocycles. The number of nitrogens with two attached hydrogens (primary N) is 1. The lowest BCUT2D eigenvalue weighted by atomic mass is 10.0. The molecule has 1 aromatic carbocycles. The number of halogens is 3. The maximum Gasteiger partial charge on any atom is 0.0745 e. The maximum atomic E-state index is 6.25. The normalized spacial score (nSPS) is 12.8. The van der Waals surface area contributed by atoms with E-state index < -0.39 is 0 Å². The fourth-order valence-corrected chi connectivity index (χ4v) is 3.20. The van der Waals surface area contributed by atoms with Crippen LogP contribution in [0.5, 0.6) is 0 Å². The molecule has 0 saturated heterocycles. The van der Waals surface area contributed by atoms with Gasteiger partial charge in [-0.2, -0.15) is 5.10 Å². The second kappa shape index (κ2) is 5.10. The first kappa shape index (κ1) is 13.1. The van der Waals surface area contributed by atoms with Crippen LogP contribution >= 0.6 is 43.5 Å². The van der Waals surface area contributed by atoms with Crippen molar-refractivity contribution in [1.29, 1.82) is 0 Å². The molecular formula is C11H10Br2ClN3. The summed E-state index contributed by atoms with van der Waals surface area (Å²) in [6, 6.07) is 5.31. The van der Waals surface area contributed by atoms with Gasteiger partial charge in [-0.25, -0.2) is 0 Å². The zero-order chi connectivity index (χ0) is 12.6. The van der Waals surface area contributed by atoms with Crippen LogP contribution in [0.1, 0.15) is 17.3 Å². The molecule has 6 heteroatoms. The van der Waals surface area contributed by atoms with E-state index in [0.717, 1.165) is 20.2 Å². The molecule has 0 saturated carbocycles. The molecule has 2 aromatic rings. The van der Waals surface area contributed by atoms with E-state index in [9.17, 15) is 0 Å². The highest BCUT2D eigenvalue weighted by Crippen LogP contribution is 2.32. The fraction of sp³-hybridized carbons (Fsp3) is 0.182. The molecule has 0 aliphatic rings. The molecule has 0 bridgehead atoms. The van der Waals surface area contributed by atoms with Gasteiger partial charge in [0, 0.05) is 16.5 Å². The molecule has 0 fully saturated rings.